The van der Waals surface area contributed by atoms with Crippen LogP contribution in [0.15, 0.2) is 61.1 Å². The van der Waals surface area contributed by atoms with Crippen LogP contribution in [0.1, 0.15) is 0 Å². The lowest BCUT2D eigenvalue weighted by molar-refractivity contribution is -0.118. The predicted molar refractivity (Wildman–Crippen MR) is 116 cm³/mol. The van der Waals surface area contributed by atoms with Gasteiger partial charge in [-0.15, -0.1) is 0 Å². The van der Waals surface area contributed by atoms with E-state index in [0.717, 1.165) is 11.3 Å². The molecular formula is C21H16Cl2N4O3. The van der Waals surface area contributed by atoms with Crippen LogP contribution in [-0.4, -0.2) is 34.0 Å². The molecule has 4 aromatic rings. The minimum Gasteiger partial charge on any atom is -0.495 e. The fourth-order valence-electron chi connectivity index (χ4n) is 2.86. The van der Waals surface area contributed by atoms with E-state index in [2.05, 4.69) is 15.3 Å². The molecule has 9 heteroatoms. The van der Waals surface area contributed by atoms with E-state index in [9.17, 15) is 4.79 Å². The van der Waals surface area contributed by atoms with E-state index >= 15 is 0 Å². The van der Waals surface area contributed by atoms with Gasteiger partial charge in [0.25, 0.3) is 5.91 Å². The molecule has 2 aromatic carbocycles. The maximum atomic E-state index is 12.4. The number of benzene rings is 2. The molecule has 0 radical (unpaired) electrons. The van der Waals surface area contributed by atoms with Crippen molar-refractivity contribution in [2.24, 2.45) is 0 Å². The van der Waals surface area contributed by atoms with Gasteiger partial charge < -0.3 is 14.8 Å². The number of amides is 1. The quantitative estimate of drug-likeness (QED) is 0.466. The number of nitrogens with zero attached hydrogens (tertiary/aromatic N) is 3. The van der Waals surface area contributed by atoms with Crippen molar-refractivity contribution < 1.29 is 14.3 Å². The maximum Gasteiger partial charge on any atom is 0.262 e. The summed E-state index contributed by atoms with van der Waals surface area (Å²) < 4.78 is 12.7. The van der Waals surface area contributed by atoms with Crippen molar-refractivity contribution in [1.29, 1.82) is 0 Å². The van der Waals surface area contributed by atoms with Crippen LogP contribution in [0.5, 0.6) is 11.5 Å². The Morgan fingerprint density at radius 3 is 2.77 bits per heavy atom. The molecule has 0 spiro atoms. The summed E-state index contributed by atoms with van der Waals surface area (Å²) in [4.78, 5) is 21.1. The average Bonchev–Trinajstić information content (AvgIpc) is 3.17. The van der Waals surface area contributed by atoms with Gasteiger partial charge in [-0.05, 0) is 42.5 Å². The lowest BCUT2D eigenvalue weighted by atomic mass is 10.1. The SMILES string of the molecule is COc1ccc(-c2cn3cccnc3n2)cc1NC(=O)COc1ccc(Cl)cc1Cl. The highest BCUT2D eigenvalue weighted by atomic mass is 35.5. The molecule has 7 nitrogen and oxygen atoms in total. The fourth-order valence-corrected chi connectivity index (χ4v) is 3.32. The molecular weight excluding hydrogens is 427 g/mol. The predicted octanol–water partition coefficient (Wildman–Crippen LogP) is 4.73. The van der Waals surface area contributed by atoms with Crippen LogP contribution in [-0.2, 0) is 4.79 Å². The minimum absolute atomic E-state index is 0.229. The van der Waals surface area contributed by atoms with E-state index in [0.29, 0.717) is 33.0 Å². The molecule has 0 aliphatic carbocycles. The zero-order valence-corrected chi connectivity index (χ0v) is 17.3. The van der Waals surface area contributed by atoms with Crippen LogP contribution >= 0.6 is 23.2 Å². The molecule has 0 fully saturated rings. The molecule has 0 atom stereocenters. The van der Waals surface area contributed by atoms with E-state index in [-0.39, 0.29) is 12.5 Å². The van der Waals surface area contributed by atoms with Crippen molar-refractivity contribution in [2.75, 3.05) is 19.0 Å². The van der Waals surface area contributed by atoms with Crippen molar-refractivity contribution in [3.05, 3.63) is 71.1 Å². The Balaban J connectivity index is 1.52. The summed E-state index contributed by atoms with van der Waals surface area (Å²) in [6.45, 7) is -0.229. The molecule has 152 valence electrons. The molecule has 0 bridgehead atoms. The highest BCUT2D eigenvalue weighted by Gasteiger charge is 2.13. The molecule has 0 aliphatic rings. The van der Waals surface area contributed by atoms with Crippen LogP contribution in [0.3, 0.4) is 0 Å². The number of ether oxygens (including phenoxy) is 2. The molecule has 0 unspecified atom stereocenters. The van der Waals surface area contributed by atoms with Gasteiger partial charge in [0, 0.05) is 29.2 Å². The van der Waals surface area contributed by atoms with Crippen LogP contribution < -0.4 is 14.8 Å². The Hall–Kier alpha value is -3.29. The number of aromatic nitrogens is 3. The summed E-state index contributed by atoms with van der Waals surface area (Å²) >= 11 is 11.9. The number of anilines is 1. The second kappa shape index (κ2) is 8.61. The van der Waals surface area contributed by atoms with E-state index in [1.165, 1.54) is 7.11 Å². The lowest BCUT2D eigenvalue weighted by Crippen LogP contribution is -2.20. The Bertz CT molecular complexity index is 1190. The summed E-state index contributed by atoms with van der Waals surface area (Å²) in [6.07, 6.45) is 5.41. The normalized spacial score (nSPS) is 10.8. The molecule has 0 saturated heterocycles. The third-order valence-corrected chi connectivity index (χ3v) is 4.79. The number of hydrogen-bond acceptors (Lipinski definition) is 5. The summed E-state index contributed by atoms with van der Waals surface area (Å²) in [7, 11) is 1.53. The molecule has 2 aromatic heterocycles. The molecule has 4 rings (SSSR count). The van der Waals surface area contributed by atoms with E-state index in [1.54, 1.807) is 36.5 Å². The zero-order chi connectivity index (χ0) is 21.1. The van der Waals surface area contributed by atoms with Gasteiger partial charge in [0.15, 0.2) is 6.61 Å². The average molecular weight is 443 g/mol. The van der Waals surface area contributed by atoms with Gasteiger partial charge >= 0.3 is 0 Å². The van der Waals surface area contributed by atoms with Crippen LogP contribution in [0.25, 0.3) is 17.0 Å². The molecule has 0 saturated carbocycles. The first-order valence-corrected chi connectivity index (χ1v) is 9.65. The largest absolute Gasteiger partial charge is 0.495 e. The Labute approximate surface area is 182 Å². The lowest BCUT2D eigenvalue weighted by Gasteiger charge is -2.12. The number of fused-ring (bicyclic) bond motifs is 1. The van der Waals surface area contributed by atoms with Crippen molar-refractivity contribution in [3.63, 3.8) is 0 Å². The van der Waals surface area contributed by atoms with E-state index in [1.807, 2.05) is 28.9 Å². The minimum atomic E-state index is -0.367. The topological polar surface area (TPSA) is 77.8 Å². The standard InChI is InChI=1S/C21H16Cl2N4O3/c1-29-19-5-3-13(17-11-27-8-2-7-24-21(27)26-17)9-16(19)25-20(28)12-30-18-6-4-14(22)10-15(18)23/h2-11H,12H2,1H3,(H,25,28). The van der Waals surface area contributed by atoms with Gasteiger partial charge in [-0.25, -0.2) is 9.97 Å². The number of carbonyl (C=O) groups is 1. The van der Waals surface area contributed by atoms with Crippen LogP contribution in [0.2, 0.25) is 10.0 Å². The first kappa shape index (κ1) is 20.0. The van der Waals surface area contributed by atoms with Crippen molar-refractivity contribution in [2.45, 2.75) is 0 Å². The maximum absolute atomic E-state index is 12.4. The summed E-state index contributed by atoms with van der Waals surface area (Å²) in [5.74, 6) is 1.10. The van der Waals surface area contributed by atoms with E-state index in [4.69, 9.17) is 32.7 Å². The number of nitrogens with one attached hydrogen (secondary N) is 1. The van der Waals surface area contributed by atoms with Crippen LogP contribution in [0, 0.1) is 0 Å². The van der Waals surface area contributed by atoms with Crippen molar-refractivity contribution in [3.8, 4) is 22.8 Å². The summed E-state index contributed by atoms with van der Waals surface area (Å²) in [5, 5.41) is 3.61. The highest BCUT2D eigenvalue weighted by Crippen LogP contribution is 2.31. The smallest absolute Gasteiger partial charge is 0.262 e. The van der Waals surface area contributed by atoms with Gasteiger partial charge in [0.2, 0.25) is 5.78 Å². The van der Waals surface area contributed by atoms with E-state index < -0.39 is 0 Å². The van der Waals surface area contributed by atoms with Gasteiger partial charge in [0.05, 0.1) is 23.5 Å². The molecule has 1 amide bonds. The summed E-state index contributed by atoms with van der Waals surface area (Å²) in [5.41, 5.74) is 2.02. The molecule has 30 heavy (non-hydrogen) atoms. The fraction of sp³-hybridized carbons (Fsp3) is 0.0952. The van der Waals surface area contributed by atoms with Gasteiger partial charge in [-0.3, -0.25) is 9.20 Å². The number of hydrogen-bond donors (Lipinski definition) is 1. The number of halogens is 2. The Kier molecular flexibility index (Phi) is 5.74. The number of carbonyl (C=O) groups excluding carboxylic acids is 1. The second-order valence-electron chi connectivity index (χ2n) is 6.28. The zero-order valence-electron chi connectivity index (χ0n) is 15.8. The highest BCUT2D eigenvalue weighted by molar-refractivity contribution is 6.35. The Morgan fingerprint density at radius 1 is 1.17 bits per heavy atom. The van der Waals surface area contributed by atoms with Crippen molar-refractivity contribution in [1.82, 2.24) is 14.4 Å². The molecule has 0 aliphatic heterocycles. The van der Waals surface area contributed by atoms with Gasteiger partial charge in [-0.2, -0.15) is 0 Å². The molecule has 1 N–H and O–H groups in total. The first-order chi connectivity index (χ1) is 14.5. The first-order valence-electron chi connectivity index (χ1n) is 8.89. The monoisotopic (exact) mass is 442 g/mol. The number of methoxy groups -OCH3 is 1. The Morgan fingerprint density at radius 2 is 2.00 bits per heavy atom. The van der Waals surface area contributed by atoms with Crippen molar-refractivity contribution >= 4 is 40.6 Å². The number of rotatable bonds is 6. The van der Waals surface area contributed by atoms with Gasteiger partial charge in [-0.1, -0.05) is 23.2 Å². The second-order valence-corrected chi connectivity index (χ2v) is 7.12. The van der Waals surface area contributed by atoms with Gasteiger partial charge in [0.1, 0.15) is 11.5 Å². The summed E-state index contributed by atoms with van der Waals surface area (Å²) in [6, 6.07) is 12.0. The molecule has 2 heterocycles. The number of imidazole rings is 1. The third-order valence-electron chi connectivity index (χ3n) is 4.26. The van der Waals surface area contributed by atoms with Crippen LogP contribution in [0.4, 0.5) is 5.69 Å². The third kappa shape index (κ3) is 4.32.